The summed E-state index contributed by atoms with van der Waals surface area (Å²) in [6, 6.07) is 0. The first-order valence-electron chi connectivity index (χ1n) is 7.65. The topological polar surface area (TPSA) is 46.9 Å². The Kier molecular flexibility index (Phi) is 5.64. The molecule has 0 amide bonds. The zero-order chi connectivity index (χ0) is 14.5. The van der Waals surface area contributed by atoms with Crippen molar-refractivity contribution in [2.45, 2.75) is 52.5 Å². The van der Waals surface area contributed by atoms with Gasteiger partial charge in [-0.25, -0.2) is 4.68 Å². The van der Waals surface area contributed by atoms with Crippen molar-refractivity contribution in [2.75, 3.05) is 11.9 Å². The average Bonchev–Trinajstić information content (AvgIpc) is 2.40. The summed E-state index contributed by atoms with van der Waals surface area (Å²) in [7, 11) is 0. The van der Waals surface area contributed by atoms with E-state index in [0.717, 1.165) is 30.4 Å². The van der Waals surface area contributed by atoms with Gasteiger partial charge in [0, 0.05) is 13.1 Å². The van der Waals surface area contributed by atoms with Crippen molar-refractivity contribution >= 4 is 21.6 Å². The molecule has 5 heteroatoms. The molecule has 1 fully saturated rings. The molecule has 0 bridgehead atoms. The second kappa shape index (κ2) is 7.25. The van der Waals surface area contributed by atoms with Crippen molar-refractivity contribution in [3.05, 3.63) is 21.0 Å². The lowest BCUT2D eigenvalue weighted by atomic mass is 9.85. The highest BCUT2D eigenvalue weighted by molar-refractivity contribution is 9.10. The molecule has 0 atom stereocenters. The van der Waals surface area contributed by atoms with E-state index in [4.69, 9.17) is 0 Å². The lowest BCUT2D eigenvalue weighted by molar-refractivity contribution is 0.262. The van der Waals surface area contributed by atoms with E-state index in [1.54, 1.807) is 10.9 Å². The van der Waals surface area contributed by atoms with Gasteiger partial charge in [0.15, 0.2) is 0 Å². The molecule has 0 spiro atoms. The second-order valence-electron chi connectivity index (χ2n) is 5.72. The summed E-state index contributed by atoms with van der Waals surface area (Å²) < 4.78 is 2.38. The van der Waals surface area contributed by atoms with Gasteiger partial charge in [-0.05, 0) is 40.6 Å². The van der Waals surface area contributed by atoms with E-state index in [2.05, 4.69) is 40.2 Å². The van der Waals surface area contributed by atoms with Gasteiger partial charge in [0.25, 0.3) is 5.56 Å². The van der Waals surface area contributed by atoms with Gasteiger partial charge in [0.2, 0.25) is 0 Å². The van der Waals surface area contributed by atoms with Crippen LogP contribution in [-0.4, -0.2) is 16.3 Å². The minimum absolute atomic E-state index is 0.00256. The van der Waals surface area contributed by atoms with Crippen LogP contribution in [0.15, 0.2) is 15.5 Å². The Morgan fingerprint density at radius 2 is 2.15 bits per heavy atom. The maximum absolute atomic E-state index is 12.5. The molecule has 0 aliphatic heterocycles. The molecular formula is C15H24BrN3O. The van der Waals surface area contributed by atoms with Gasteiger partial charge in [0.1, 0.15) is 5.69 Å². The van der Waals surface area contributed by atoms with Crippen LogP contribution in [0.25, 0.3) is 0 Å². The predicted octanol–water partition coefficient (Wildman–Crippen LogP) is 3.65. The van der Waals surface area contributed by atoms with Crippen LogP contribution in [0.1, 0.15) is 46.0 Å². The fraction of sp³-hybridized carbons (Fsp3) is 0.733. The number of hydrogen-bond donors (Lipinski definition) is 1. The Balaban J connectivity index is 2.10. The summed E-state index contributed by atoms with van der Waals surface area (Å²) in [6.07, 6.45) is 7.72. The van der Waals surface area contributed by atoms with E-state index >= 15 is 0 Å². The lowest BCUT2D eigenvalue weighted by Crippen LogP contribution is -2.31. The Labute approximate surface area is 129 Å². The third-order valence-electron chi connectivity index (χ3n) is 4.38. The van der Waals surface area contributed by atoms with Crippen molar-refractivity contribution in [3.8, 4) is 0 Å². The van der Waals surface area contributed by atoms with Gasteiger partial charge in [-0.1, -0.05) is 33.1 Å². The summed E-state index contributed by atoms with van der Waals surface area (Å²) in [5.74, 6) is 1.24. The van der Waals surface area contributed by atoms with Crippen molar-refractivity contribution in [2.24, 2.45) is 11.8 Å². The molecule has 0 unspecified atom stereocenters. The third-order valence-corrected chi connectivity index (χ3v) is 4.98. The molecule has 0 radical (unpaired) electrons. The standard InChI is InChI=1S/C15H24BrN3O/c1-3-11(4-2)8-17-14-13(16)9-18-19(15(14)20)10-12-6-5-7-12/h9,11-12,17H,3-8,10H2,1-2H3. The molecule has 1 aliphatic rings. The first-order valence-corrected chi connectivity index (χ1v) is 8.44. The summed E-state index contributed by atoms with van der Waals surface area (Å²) in [4.78, 5) is 12.5. The fourth-order valence-electron chi connectivity index (χ4n) is 2.50. The molecule has 1 aromatic heterocycles. The fourth-order valence-corrected chi connectivity index (χ4v) is 2.90. The van der Waals surface area contributed by atoms with Gasteiger partial charge in [-0.3, -0.25) is 4.79 Å². The minimum atomic E-state index is -0.00256. The summed E-state index contributed by atoms with van der Waals surface area (Å²) in [5.41, 5.74) is 0.656. The van der Waals surface area contributed by atoms with Crippen LogP contribution in [0.3, 0.4) is 0 Å². The monoisotopic (exact) mass is 341 g/mol. The van der Waals surface area contributed by atoms with Crippen molar-refractivity contribution < 1.29 is 0 Å². The third kappa shape index (κ3) is 3.62. The minimum Gasteiger partial charge on any atom is -0.379 e. The van der Waals surface area contributed by atoms with Crippen LogP contribution in [0.4, 0.5) is 5.69 Å². The number of aromatic nitrogens is 2. The highest BCUT2D eigenvalue weighted by atomic mass is 79.9. The molecule has 20 heavy (non-hydrogen) atoms. The highest BCUT2D eigenvalue weighted by Crippen LogP contribution is 2.27. The van der Waals surface area contributed by atoms with E-state index in [-0.39, 0.29) is 5.56 Å². The SMILES string of the molecule is CCC(CC)CNc1c(Br)cnn(CC2CCC2)c1=O. The molecule has 4 nitrogen and oxygen atoms in total. The predicted molar refractivity (Wildman–Crippen MR) is 86.1 cm³/mol. The van der Waals surface area contributed by atoms with Crippen LogP contribution in [0, 0.1) is 11.8 Å². The van der Waals surface area contributed by atoms with Gasteiger partial charge in [-0.2, -0.15) is 5.10 Å². The van der Waals surface area contributed by atoms with Gasteiger partial charge < -0.3 is 5.32 Å². The number of halogens is 1. The molecular weight excluding hydrogens is 318 g/mol. The quantitative estimate of drug-likeness (QED) is 0.823. The van der Waals surface area contributed by atoms with Crippen LogP contribution < -0.4 is 10.9 Å². The van der Waals surface area contributed by atoms with E-state index in [1.807, 2.05) is 0 Å². The molecule has 0 saturated heterocycles. The lowest BCUT2D eigenvalue weighted by Gasteiger charge is -2.25. The number of rotatable bonds is 7. The zero-order valence-electron chi connectivity index (χ0n) is 12.4. The molecule has 1 aromatic rings. The largest absolute Gasteiger partial charge is 0.379 e. The van der Waals surface area contributed by atoms with Gasteiger partial charge in [0.05, 0.1) is 10.7 Å². The number of nitrogens with zero attached hydrogens (tertiary/aromatic N) is 2. The average molecular weight is 342 g/mol. The summed E-state index contributed by atoms with van der Waals surface area (Å²) >= 11 is 3.43. The molecule has 1 aliphatic carbocycles. The molecule has 2 rings (SSSR count). The van der Waals surface area contributed by atoms with Crippen molar-refractivity contribution in [1.82, 2.24) is 9.78 Å². The molecule has 112 valence electrons. The Hall–Kier alpha value is -0.840. The normalized spacial score (nSPS) is 15.4. The highest BCUT2D eigenvalue weighted by Gasteiger charge is 2.20. The number of hydrogen-bond acceptors (Lipinski definition) is 3. The first kappa shape index (κ1) is 15.5. The van der Waals surface area contributed by atoms with E-state index < -0.39 is 0 Å². The molecule has 1 heterocycles. The van der Waals surface area contributed by atoms with E-state index in [0.29, 0.717) is 17.5 Å². The van der Waals surface area contributed by atoms with Gasteiger partial charge in [-0.15, -0.1) is 0 Å². The first-order chi connectivity index (χ1) is 9.65. The smallest absolute Gasteiger partial charge is 0.291 e. The molecule has 1 N–H and O–H groups in total. The van der Waals surface area contributed by atoms with Gasteiger partial charge >= 0.3 is 0 Å². The zero-order valence-corrected chi connectivity index (χ0v) is 13.9. The number of anilines is 1. The maximum Gasteiger partial charge on any atom is 0.291 e. The molecule has 0 aromatic carbocycles. The Morgan fingerprint density at radius 3 is 2.70 bits per heavy atom. The summed E-state index contributed by atoms with van der Waals surface area (Å²) in [5, 5.41) is 7.56. The van der Waals surface area contributed by atoms with E-state index in [1.165, 1.54) is 19.3 Å². The van der Waals surface area contributed by atoms with Crippen LogP contribution in [0.5, 0.6) is 0 Å². The second-order valence-corrected chi connectivity index (χ2v) is 6.57. The van der Waals surface area contributed by atoms with Crippen molar-refractivity contribution in [1.29, 1.82) is 0 Å². The van der Waals surface area contributed by atoms with Crippen LogP contribution in [0.2, 0.25) is 0 Å². The summed E-state index contributed by atoms with van der Waals surface area (Å²) in [6.45, 7) is 5.97. The molecule has 1 saturated carbocycles. The Bertz CT molecular complexity index is 492. The number of nitrogens with one attached hydrogen (secondary N) is 1. The maximum atomic E-state index is 12.5. The Morgan fingerprint density at radius 1 is 1.45 bits per heavy atom. The van der Waals surface area contributed by atoms with E-state index in [9.17, 15) is 4.79 Å². The van der Waals surface area contributed by atoms with Crippen LogP contribution >= 0.6 is 15.9 Å². The van der Waals surface area contributed by atoms with Crippen molar-refractivity contribution in [3.63, 3.8) is 0 Å². The van der Waals surface area contributed by atoms with Crippen LogP contribution in [-0.2, 0) is 6.54 Å².